The lowest BCUT2D eigenvalue weighted by atomic mass is 10.1. The average Bonchev–Trinajstić information content (AvgIpc) is 3.12. The zero-order chi connectivity index (χ0) is 17.5. The monoisotopic (exact) mass is 419 g/mol. The number of thioether (sulfide) groups is 1. The summed E-state index contributed by atoms with van der Waals surface area (Å²) in [6.45, 7) is 0. The molecule has 1 unspecified atom stereocenters. The Morgan fingerprint density at radius 3 is 2.50 bits per heavy atom. The van der Waals surface area contributed by atoms with Crippen molar-refractivity contribution in [2.45, 2.75) is 10.1 Å². The number of para-hydroxylation sites is 3. The van der Waals surface area contributed by atoms with Crippen molar-refractivity contribution < 1.29 is 0 Å². The van der Waals surface area contributed by atoms with Crippen LogP contribution >= 0.6 is 27.7 Å². The number of benzene rings is 3. The molecular formula is C21H14BrN3S. The Balaban J connectivity index is 1.68. The first kappa shape index (κ1) is 15.9. The number of aliphatic imine (C=N–C) groups is 1. The lowest BCUT2D eigenvalue weighted by Gasteiger charge is -2.23. The molecule has 1 N–H and O–H groups in total. The van der Waals surface area contributed by atoms with Crippen molar-refractivity contribution in [3.8, 4) is 0 Å². The highest BCUT2D eigenvalue weighted by Gasteiger charge is 2.29. The predicted octanol–water partition coefficient (Wildman–Crippen LogP) is 6.29. The van der Waals surface area contributed by atoms with Crippen LogP contribution in [0.1, 0.15) is 16.6 Å². The molecule has 0 amide bonds. The van der Waals surface area contributed by atoms with Gasteiger partial charge in [0.1, 0.15) is 11.1 Å². The number of aromatic amines is 1. The van der Waals surface area contributed by atoms with Gasteiger partial charge in [-0.05, 0) is 42.0 Å². The molecule has 5 heteroatoms. The summed E-state index contributed by atoms with van der Waals surface area (Å²) in [5.74, 6) is 0.937. The first-order chi connectivity index (χ1) is 12.8. The molecule has 1 atom stereocenters. The van der Waals surface area contributed by atoms with Gasteiger partial charge in [-0.2, -0.15) is 0 Å². The van der Waals surface area contributed by atoms with Crippen molar-refractivity contribution >= 4 is 50.1 Å². The normalized spacial score (nSPS) is 16.3. The second-order valence-corrected chi connectivity index (χ2v) is 8.17. The van der Waals surface area contributed by atoms with Crippen LogP contribution in [-0.2, 0) is 0 Å². The van der Waals surface area contributed by atoms with E-state index >= 15 is 0 Å². The summed E-state index contributed by atoms with van der Waals surface area (Å²) in [4.78, 5) is 14.5. The Morgan fingerprint density at radius 2 is 1.65 bits per heavy atom. The molecule has 126 valence electrons. The molecule has 4 aromatic rings. The molecule has 0 saturated carbocycles. The molecule has 0 radical (unpaired) electrons. The highest BCUT2D eigenvalue weighted by molar-refractivity contribution is 9.10. The lowest BCUT2D eigenvalue weighted by molar-refractivity contribution is 1.06. The number of hydrogen-bond acceptors (Lipinski definition) is 3. The summed E-state index contributed by atoms with van der Waals surface area (Å²) in [7, 11) is 0. The fourth-order valence-corrected chi connectivity index (χ4v) is 4.57. The number of nitrogens with one attached hydrogen (secondary N) is 1. The van der Waals surface area contributed by atoms with E-state index in [0.717, 1.165) is 38.3 Å². The van der Waals surface area contributed by atoms with E-state index in [1.165, 1.54) is 4.90 Å². The van der Waals surface area contributed by atoms with Gasteiger partial charge in [-0.1, -0.05) is 52.3 Å². The van der Waals surface area contributed by atoms with E-state index in [0.29, 0.717) is 0 Å². The lowest BCUT2D eigenvalue weighted by Crippen LogP contribution is -2.15. The Hall–Kier alpha value is -2.37. The van der Waals surface area contributed by atoms with Crippen molar-refractivity contribution in [1.29, 1.82) is 0 Å². The van der Waals surface area contributed by atoms with E-state index in [-0.39, 0.29) is 5.25 Å². The standard InChI is InChI=1S/C21H14BrN3S/c22-14-11-9-13(10-12-14)19-20(26-18-8-4-3-7-17(18)23-19)21-24-15-5-1-2-6-16(15)25-21/h1-12,20H,(H,24,25). The summed E-state index contributed by atoms with van der Waals surface area (Å²) in [6.07, 6.45) is 0. The number of hydrogen-bond donors (Lipinski definition) is 1. The van der Waals surface area contributed by atoms with Crippen LogP contribution < -0.4 is 0 Å². The van der Waals surface area contributed by atoms with E-state index in [1.807, 2.05) is 24.3 Å². The molecule has 26 heavy (non-hydrogen) atoms. The topological polar surface area (TPSA) is 41.0 Å². The number of rotatable bonds is 2. The zero-order valence-corrected chi connectivity index (χ0v) is 16.1. The van der Waals surface area contributed by atoms with Crippen LogP contribution in [0.4, 0.5) is 5.69 Å². The van der Waals surface area contributed by atoms with Gasteiger partial charge in [0, 0.05) is 9.37 Å². The third-order valence-electron chi connectivity index (χ3n) is 4.40. The Kier molecular flexibility index (Phi) is 3.91. The third kappa shape index (κ3) is 2.77. The van der Waals surface area contributed by atoms with Gasteiger partial charge < -0.3 is 4.98 Å². The molecule has 3 nitrogen and oxygen atoms in total. The van der Waals surface area contributed by atoms with Crippen molar-refractivity contribution in [1.82, 2.24) is 9.97 Å². The van der Waals surface area contributed by atoms with Crippen LogP contribution in [0.5, 0.6) is 0 Å². The summed E-state index contributed by atoms with van der Waals surface area (Å²) in [5, 5.41) is 0.0264. The molecular weight excluding hydrogens is 406 g/mol. The number of fused-ring (bicyclic) bond motifs is 2. The second-order valence-electron chi connectivity index (χ2n) is 6.11. The molecule has 1 aromatic heterocycles. The first-order valence-electron chi connectivity index (χ1n) is 8.33. The molecule has 3 aromatic carbocycles. The van der Waals surface area contributed by atoms with E-state index in [9.17, 15) is 0 Å². The molecule has 2 heterocycles. The molecule has 5 rings (SSSR count). The fourth-order valence-electron chi connectivity index (χ4n) is 3.14. The Bertz CT molecular complexity index is 1100. The smallest absolute Gasteiger partial charge is 0.126 e. The summed E-state index contributed by atoms with van der Waals surface area (Å²) >= 11 is 5.31. The number of halogens is 1. The van der Waals surface area contributed by atoms with Gasteiger partial charge in [-0.3, -0.25) is 0 Å². The van der Waals surface area contributed by atoms with Gasteiger partial charge in [0.25, 0.3) is 0 Å². The zero-order valence-electron chi connectivity index (χ0n) is 13.7. The van der Waals surface area contributed by atoms with Crippen molar-refractivity contribution in [3.05, 3.63) is 88.7 Å². The number of imidazole rings is 1. The largest absolute Gasteiger partial charge is 0.341 e. The summed E-state index contributed by atoms with van der Waals surface area (Å²) < 4.78 is 1.06. The van der Waals surface area contributed by atoms with Crippen LogP contribution in [0.3, 0.4) is 0 Å². The van der Waals surface area contributed by atoms with Gasteiger partial charge in [0.05, 0.1) is 22.4 Å². The summed E-state index contributed by atoms with van der Waals surface area (Å²) in [5.41, 5.74) is 5.19. The van der Waals surface area contributed by atoms with Crippen LogP contribution in [0, 0.1) is 0 Å². The number of nitrogens with zero attached hydrogens (tertiary/aromatic N) is 2. The van der Waals surface area contributed by atoms with Crippen molar-refractivity contribution in [2.24, 2.45) is 4.99 Å². The quantitative estimate of drug-likeness (QED) is 0.414. The minimum atomic E-state index is 0.0264. The minimum absolute atomic E-state index is 0.0264. The van der Waals surface area contributed by atoms with Gasteiger partial charge in [0.2, 0.25) is 0 Å². The van der Waals surface area contributed by atoms with Crippen LogP contribution in [0.15, 0.2) is 87.2 Å². The molecule has 0 aliphatic carbocycles. The number of H-pyrrole nitrogens is 1. The maximum Gasteiger partial charge on any atom is 0.126 e. The van der Waals surface area contributed by atoms with E-state index in [2.05, 4.69) is 69.4 Å². The van der Waals surface area contributed by atoms with Crippen molar-refractivity contribution in [2.75, 3.05) is 0 Å². The molecule has 0 spiro atoms. The molecule has 1 aliphatic rings. The Labute approximate surface area is 163 Å². The van der Waals surface area contributed by atoms with Gasteiger partial charge in [0.15, 0.2) is 0 Å². The highest BCUT2D eigenvalue weighted by Crippen LogP contribution is 2.46. The SMILES string of the molecule is Brc1ccc(C2=Nc3ccccc3SC2c2nc3ccccc3[nH]2)cc1. The second kappa shape index (κ2) is 6.41. The van der Waals surface area contributed by atoms with Crippen molar-refractivity contribution in [3.63, 3.8) is 0 Å². The van der Waals surface area contributed by atoms with Crippen LogP contribution in [-0.4, -0.2) is 15.7 Å². The average molecular weight is 420 g/mol. The predicted molar refractivity (Wildman–Crippen MR) is 111 cm³/mol. The van der Waals surface area contributed by atoms with Gasteiger partial charge >= 0.3 is 0 Å². The van der Waals surface area contributed by atoms with E-state index in [1.54, 1.807) is 11.8 Å². The van der Waals surface area contributed by atoms with Gasteiger partial charge in [-0.25, -0.2) is 9.98 Å². The fraction of sp³-hybridized carbons (Fsp3) is 0.0476. The highest BCUT2D eigenvalue weighted by atomic mass is 79.9. The number of aromatic nitrogens is 2. The first-order valence-corrected chi connectivity index (χ1v) is 10.00. The molecule has 0 saturated heterocycles. The minimum Gasteiger partial charge on any atom is -0.341 e. The Morgan fingerprint density at radius 1 is 0.885 bits per heavy atom. The molecule has 0 fully saturated rings. The van der Waals surface area contributed by atoms with Crippen LogP contribution in [0.2, 0.25) is 0 Å². The van der Waals surface area contributed by atoms with Gasteiger partial charge in [-0.15, -0.1) is 11.8 Å². The molecule has 0 bridgehead atoms. The maximum absolute atomic E-state index is 4.99. The van der Waals surface area contributed by atoms with Crippen LogP contribution in [0.25, 0.3) is 11.0 Å². The van der Waals surface area contributed by atoms with E-state index in [4.69, 9.17) is 9.98 Å². The molecule has 1 aliphatic heterocycles. The maximum atomic E-state index is 4.99. The van der Waals surface area contributed by atoms with E-state index < -0.39 is 0 Å². The summed E-state index contributed by atoms with van der Waals surface area (Å²) in [6, 6.07) is 24.7. The third-order valence-corrected chi connectivity index (χ3v) is 6.21.